The third kappa shape index (κ3) is 3.41. The number of anilines is 1. The lowest BCUT2D eigenvalue weighted by molar-refractivity contribution is -0.123. The van der Waals surface area contributed by atoms with Crippen molar-refractivity contribution in [3.8, 4) is 11.8 Å². The molecule has 0 saturated carbocycles. The molecule has 7 nitrogen and oxygen atoms in total. The van der Waals surface area contributed by atoms with Crippen molar-refractivity contribution in [3.63, 3.8) is 0 Å². The summed E-state index contributed by atoms with van der Waals surface area (Å²) in [6.07, 6.45) is 6.91. The predicted molar refractivity (Wildman–Crippen MR) is 101 cm³/mol. The summed E-state index contributed by atoms with van der Waals surface area (Å²) in [4.78, 5) is 12.9. The molecule has 1 N–H and O–H groups in total. The molecule has 0 fully saturated rings. The molecule has 3 rings (SSSR count). The quantitative estimate of drug-likeness (QED) is 0.625. The van der Waals surface area contributed by atoms with Gasteiger partial charge < -0.3 is 5.32 Å². The van der Waals surface area contributed by atoms with E-state index in [9.17, 15) is 4.79 Å². The monoisotopic (exact) mass is 446 g/mol. The Morgan fingerprint density at radius 3 is 2.76 bits per heavy atom. The highest BCUT2D eigenvalue weighted by molar-refractivity contribution is 14.1. The lowest BCUT2D eigenvalue weighted by Gasteiger charge is -2.25. The van der Waals surface area contributed by atoms with Crippen LogP contribution in [0, 0.1) is 14.9 Å². The molecular formula is C17H15IN6O. The molecule has 1 amide bonds. The Labute approximate surface area is 158 Å². The second-order valence-corrected chi connectivity index (χ2v) is 7.16. The standard InChI is InChI=1S/C17H15IN6O/c1-17(2,24-11-13(18)10-21-24)16(25)22-14-5-4-12(9-19)8-15(14)23-7-3-6-20-23/h3-8,10-11H,1-2H3,(H,22,25). The molecule has 0 radical (unpaired) electrons. The number of hydrogen-bond acceptors (Lipinski definition) is 4. The number of benzene rings is 1. The van der Waals surface area contributed by atoms with Crippen LogP contribution >= 0.6 is 22.6 Å². The van der Waals surface area contributed by atoms with Crippen LogP contribution in [0.25, 0.3) is 5.69 Å². The molecule has 8 heteroatoms. The maximum atomic E-state index is 12.9. The number of hydrogen-bond donors (Lipinski definition) is 1. The second kappa shape index (κ2) is 6.68. The number of carbonyl (C=O) groups is 1. The third-order valence-corrected chi connectivity index (χ3v) is 4.36. The maximum Gasteiger partial charge on any atom is 0.251 e. The van der Waals surface area contributed by atoms with Crippen molar-refractivity contribution in [1.29, 1.82) is 5.26 Å². The number of rotatable bonds is 4. The van der Waals surface area contributed by atoms with Crippen LogP contribution in [0.5, 0.6) is 0 Å². The molecule has 0 aliphatic heterocycles. The van der Waals surface area contributed by atoms with Crippen LogP contribution in [-0.4, -0.2) is 25.5 Å². The van der Waals surface area contributed by atoms with Gasteiger partial charge in [-0.25, -0.2) is 4.68 Å². The number of nitrogens with one attached hydrogen (secondary N) is 1. The molecule has 0 unspecified atom stereocenters. The topological polar surface area (TPSA) is 88.5 Å². The third-order valence-electron chi connectivity index (χ3n) is 3.81. The molecule has 126 valence electrons. The molecule has 0 aliphatic carbocycles. The van der Waals surface area contributed by atoms with E-state index in [2.05, 4.69) is 44.2 Å². The first-order valence-electron chi connectivity index (χ1n) is 7.48. The van der Waals surface area contributed by atoms with E-state index < -0.39 is 5.54 Å². The zero-order chi connectivity index (χ0) is 18.0. The Morgan fingerprint density at radius 2 is 2.16 bits per heavy atom. The summed E-state index contributed by atoms with van der Waals surface area (Å²) in [6, 6.07) is 8.93. The Hall–Kier alpha value is -2.67. The lowest BCUT2D eigenvalue weighted by Crippen LogP contribution is -2.40. The van der Waals surface area contributed by atoms with E-state index >= 15 is 0 Å². The van der Waals surface area contributed by atoms with Crippen molar-refractivity contribution in [2.75, 3.05) is 5.32 Å². The highest BCUT2D eigenvalue weighted by atomic mass is 127. The molecule has 3 aromatic rings. The number of nitriles is 1. The van der Waals surface area contributed by atoms with Crippen molar-refractivity contribution < 1.29 is 4.79 Å². The second-order valence-electron chi connectivity index (χ2n) is 5.91. The Balaban J connectivity index is 1.95. The normalized spacial score (nSPS) is 11.1. The highest BCUT2D eigenvalue weighted by Crippen LogP contribution is 2.24. The highest BCUT2D eigenvalue weighted by Gasteiger charge is 2.31. The largest absolute Gasteiger partial charge is 0.322 e. The van der Waals surface area contributed by atoms with Crippen molar-refractivity contribution in [2.24, 2.45) is 0 Å². The molecule has 0 atom stereocenters. The van der Waals surface area contributed by atoms with Crippen molar-refractivity contribution in [3.05, 3.63) is 58.2 Å². The molecule has 0 aliphatic rings. The van der Waals surface area contributed by atoms with Gasteiger partial charge in [-0.3, -0.25) is 9.48 Å². The smallest absolute Gasteiger partial charge is 0.251 e. The number of amides is 1. The molecular weight excluding hydrogens is 431 g/mol. The number of nitrogens with zero attached hydrogens (tertiary/aromatic N) is 5. The first-order chi connectivity index (χ1) is 11.9. The van der Waals surface area contributed by atoms with Crippen LogP contribution in [0.2, 0.25) is 0 Å². The van der Waals surface area contributed by atoms with Crippen LogP contribution in [0.3, 0.4) is 0 Å². The van der Waals surface area contributed by atoms with Gasteiger partial charge in [-0.15, -0.1) is 0 Å². The van der Waals surface area contributed by atoms with Gasteiger partial charge in [0.05, 0.1) is 32.8 Å². The van der Waals surface area contributed by atoms with Gasteiger partial charge in [-0.05, 0) is 60.7 Å². The van der Waals surface area contributed by atoms with E-state index in [-0.39, 0.29) is 5.91 Å². The molecule has 2 heterocycles. The average Bonchev–Trinajstić information content (AvgIpc) is 3.27. The van der Waals surface area contributed by atoms with Crippen molar-refractivity contribution >= 4 is 34.2 Å². The molecule has 2 aromatic heterocycles. The van der Waals surface area contributed by atoms with Gasteiger partial charge in [-0.1, -0.05) is 0 Å². The summed E-state index contributed by atoms with van der Waals surface area (Å²) in [5, 5.41) is 20.5. The summed E-state index contributed by atoms with van der Waals surface area (Å²) >= 11 is 2.15. The summed E-state index contributed by atoms with van der Waals surface area (Å²) in [6.45, 7) is 3.59. The molecule has 0 spiro atoms. The van der Waals surface area contributed by atoms with Crippen LogP contribution in [0.1, 0.15) is 19.4 Å². The number of aromatic nitrogens is 4. The fraction of sp³-hybridized carbons (Fsp3) is 0.176. The fourth-order valence-electron chi connectivity index (χ4n) is 2.29. The van der Waals surface area contributed by atoms with Crippen molar-refractivity contribution in [1.82, 2.24) is 19.6 Å². The average molecular weight is 446 g/mol. The van der Waals surface area contributed by atoms with Crippen LogP contribution in [0.15, 0.2) is 49.1 Å². The summed E-state index contributed by atoms with van der Waals surface area (Å²) in [5.74, 6) is -0.217. The van der Waals surface area contributed by atoms with Gasteiger partial charge in [-0.2, -0.15) is 15.5 Å². The first kappa shape index (κ1) is 17.2. The van der Waals surface area contributed by atoms with E-state index in [1.807, 2.05) is 6.20 Å². The van der Waals surface area contributed by atoms with E-state index in [4.69, 9.17) is 5.26 Å². The zero-order valence-electron chi connectivity index (χ0n) is 13.6. The Bertz CT molecular complexity index is 952. The SMILES string of the molecule is CC(C)(C(=O)Nc1ccc(C#N)cc1-n1cccn1)n1cc(I)cn1. The Kier molecular flexibility index (Phi) is 4.59. The van der Waals surface area contributed by atoms with Crippen LogP contribution in [0.4, 0.5) is 5.69 Å². The fourth-order valence-corrected chi connectivity index (χ4v) is 2.68. The van der Waals surface area contributed by atoms with E-state index in [1.54, 1.807) is 66.1 Å². The molecule has 0 bridgehead atoms. The minimum absolute atomic E-state index is 0.217. The molecule has 0 saturated heterocycles. The van der Waals surface area contributed by atoms with Crippen LogP contribution in [-0.2, 0) is 10.3 Å². The van der Waals surface area contributed by atoms with E-state index in [0.29, 0.717) is 16.9 Å². The van der Waals surface area contributed by atoms with Crippen molar-refractivity contribution in [2.45, 2.75) is 19.4 Å². The minimum Gasteiger partial charge on any atom is -0.322 e. The van der Waals surface area contributed by atoms with Gasteiger partial charge in [0.15, 0.2) is 0 Å². The Morgan fingerprint density at radius 1 is 1.36 bits per heavy atom. The first-order valence-corrected chi connectivity index (χ1v) is 8.56. The summed E-state index contributed by atoms with van der Waals surface area (Å²) in [5.41, 5.74) is 0.814. The maximum absolute atomic E-state index is 12.9. The van der Waals surface area contributed by atoms with E-state index in [1.165, 1.54) is 0 Å². The molecule has 25 heavy (non-hydrogen) atoms. The summed E-state index contributed by atoms with van der Waals surface area (Å²) < 4.78 is 4.19. The van der Waals surface area contributed by atoms with Crippen LogP contribution < -0.4 is 5.32 Å². The molecule has 1 aromatic carbocycles. The predicted octanol–water partition coefficient (Wildman–Crippen LogP) is 2.92. The number of carbonyl (C=O) groups excluding carboxylic acids is 1. The van der Waals surface area contributed by atoms with Gasteiger partial charge in [0.1, 0.15) is 5.54 Å². The zero-order valence-corrected chi connectivity index (χ0v) is 15.8. The van der Waals surface area contributed by atoms with Gasteiger partial charge in [0.2, 0.25) is 0 Å². The lowest BCUT2D eigenvalue weighted by atomic mass is 10.0. The van der Waals surface area contributed by atoms with E-state index in [0.717, 1.165) is 3.57 Å². The van der Waals surface area contributed by atoms with Gasteiger partial charge in [0, 0.05) is 18.6 Å². The van der Waals surface area contributed by atoms with Gasteiger partial charge in [0.25, 0.3) is 5.91 Å². The minimum atomic E-state index is -0.876. The van der Waals surface area contributed by atoms with Gasteiger partial charge >= 0.3 is 0 Å². The number of halogens is 1. The summed E-state index contributed by atoms with van der Waals surface area (Å²) in [7, 11) is 0.